The molecule has 2 fully saturated rings. The van der Waals surface area contributed by atoms with Gasteiger partial charge in [-0.05, 0) is 30.9 Å². The van der Waals surface area contributed by atoms with Crippen LogP contribution < -0.4 is 0 Å². The Labute approximate surface area is 148 Å². The van der Waals surface area contributed by atoms with Gasteiger partial charge in [-0.2, -0.15) is 0 Å². The second-order valence-electron chi connectivity index (χ2n) is 6.75. The molecule has 1 N–H and O–H groups in total. The van der Waals surface area contributed by atoms with E-state index in [0.717, 1.165) is 18.4 Å². The Kier molecular flexibility index (Phi) is 5.91. The zero-order valence-corrected chi connectivity index (χ0v) is 14.5. The molecule has 0 radical (unpaired) electrons. The van der Waals surface area contributed by atoms with E-state index in [4.69, 9.17) is 4.74 Å². The average Bonchev–Trinajstić information content (AvgIpc) is 2.67. The highest BCUT2D eigenvalue weighted by atomic mass is 16.5. The lowest BCUT2D eigenvalue weighted by atomic mass is 9.95. The first-order valence-electron chi connectivity index (χ1n) is 9.06. The Bertz CT molecular complexity index is 613. The number of amides is 2. The lowest BCUT2D eigenvalue weighted by Gasteiger charge is -2.36. The molecule has 0 aromatic heterocycles. The smallest absolute Gasteiger partial charge is 0.227 e. The summed E-state index contributed by atoms with van der Waals surface area (Å²) in [4.78, 5) is 28.8. The van der Waals surface area contributed by atoms with E-state index in [1.165, 1.54) is 0 Å². The summed E-state index contributed by atoms with van der Waals surface area (Å²) in [6.45, 7) is 3.72. The van der Waals surface area contributed by atoms with Gasteiger partial charge in [-0.1, -0.05) is 18.2 Å². The van der Waals surface area contributed by atoms with Crippen LogP contribution in [0.4, 0.5) is 0 Å². The van der Waals surface area contributed by atoms with Crippen molar-refractivity contribution in [3.63, 3.8) is 0 Å². The number of ether oxygens (including phenoxy) is 1. The minimum atomic E-state index is -0.0964. The first-order valence-corrected chi connectivity index (χ1v) is 9.06. The lowest BCUT2D eigenvalue weighted by Crippen LogP contribution is -2.49. The molecular weight excluding hydrogens is 320 g/mol. The molecule has 25 heavy (non-hydrogen) atoms. The molecule has 3 rings (SSSR count). The van der Waals surface area contributed by atoms with Crippen molar-refractivity contribution in [1.82, 2.24) is 9.80 Å². The molecule has 2 aliphatic rings. The third kappa shape index (κ3) is 4.51. The molecule has 1 aromatic carbocycles. The van der Waals surface area contributed by atoms with Crippen molar-refractivity contribution >= 4 is 11.8 Å². The van der Waals surface area contributed by atoms with Crippen LogP contribution >= 0.6 is 0 Å². The van der Waals surface area contributed by atoms with Gasteiger partial charge < -0.3 is 19.6 Å². The van der Waals surface area contributed by atoms with Crippen molar-refractivity contribution in [3.8, 4) is 5.75 Å². The van der Waals surface area contributed by atoms with E-state index in [1.807, 2.05) is 21.9 Å². The van der Waals surface area contributed by atoms with E-state index >= 15 is 0 Å². The molecule has 2 heterocycles. The van der Waals surface area contributed by atoms with Gasteiger partial charge in [0.15, 0.2) is 0 Å². The summed E-state index contributed by atoms with van der Waals surface area (Å²) in [7, 11) is 0. The second kappa shape index (κ2) is 8.34. The monoisotopic (exact) mass is 346 g/mol. The Morgan fingerprint density at radius 3 is 2.64 bits per heavy atom. The fraction of sp³-hybridized carbons (Fsp3) is 0.579. The van der Waals surface area contributed by atoms with Crippen LogP contribution in [-0.2, 0) is 20.7 Å². The minimum absolute atomic E-state index is 0.0581. The molecule has 1 aromatic rings. The number of carbonyl (C=O) groups excluding carboxylic acids is 2. The summed E-state index contributed by atoms with van der Waals surface area (Å²) >= 11 is 0. The molecule has 0 spiro atoms. The fourth-order valence-electron chi connectivity index (χ4n) is 3.57. The Hall–Kier alpha value is -2.08. The van der Waals surface area contributed by atoms with Crippen LogP contribution in [0.1, 0.15) is 24.8 Å². The van der Waals surface area contributed by atoms with Crippen LogP contribution in [0.5, 0.6) is 5.75 Å². The number of piperidine rings is 1. The minimum Gasteiger partial charge on any atom is -0.508 e. The number of likely N-dealkylation sites (tertiary alicyclic amines) is 1. The van der Waals surface area contributed by atoms with Gasteiger partial charge in [-0.3, -0.25) is 9.59 Å². The zero-order chi connectivity index (χ0) is 17.6. The van der Waals surface area contributed by atoms with Gasteiger partial charge in [-0.15, -0.1) is 0 Å². The number of aromatic hydroxyl groups is 1. The van der Waals surface area contributed by atoms with Crippen LogP contribution in [0.3, 0.4) is 0 Å². The number of aryl methyl sites for hydroxylation is 1. The summed E-state index contributed by atoms with van der Waals surface area (Å²) in [5, 5.41) is 9.81. The highest BCUT2D eigenvalue weighted by Gasteiger charge is 2.31. The summed E-state index contributed by atoms with van der Waals surface area (Å²) in [6.07, 6.45) is 2.59. The highest BCUT2D eigenvalue weighted by molar-refractivity contribution is 5.81. The van der Waals surface area contributed by atoms with E-state index in [-0.39, 0.29) is 23.5 Å². The van der Waals surface area contributed by atoms with Crippen LogP contribution in [0, 0.1) is 5.92 Å². The number of morpholine rings is 1. The Morgan fingerprint density at radius 2 is 1.88 bits per heavy atom. The van der Waals surface area contributed by atoms with Crippen LogP contribution in [0.15, 0.2) is 24.3 Å². The molecule has 0 saturated carbocycles. The summed E-state index contributed by atoms with van der Waals surface area (Å²) in [6, 6.07) is 7.10. The molecule has 6 nitrogen and oxygen atoms in total. The normalized spacial score (nSPS) is 21.2. The van der Waals surface area contributed by atoms with Crippen molar-refractivity contribution in [3.05, 3.63) is 29.8 Å². The van der Waals surface area contributed by atoms with Crippen LogP contribution in [0.25, 0.3) is 0 Å². The number of phenolic OH excluding ortho intramolecular Hbond substituents is 1. The van der Waals surface area contributed by atoms with Crippen molar-refractivity contribution in [2.24, 2.45) is 5.92 Å². The molecule has 1 atom stereocenters. The van der Waals surface area contributed by atoms with Crippen LogP contribution in [-0.4, -0.2) is 66.1 Å². The highest BCUT2D eigenvalue weighted by Crippen LogP contribution is 2.22. The predicted octanol–water partition coefficient (Wildman–Crippen LogP) is 1.42. The molecular formula is C19H26N2O4. The summed E-state index contributed by atoms with van der Waals surface area (Å²) in [5.74, 6) is 0.347. The molecule has 1 unspecified atom stereocenters. The maximum atomic E-state index is 12.6. The SMILES string of the molecule is O=C(CCc1ccccc1O)N1CCCC(C(=O)N2CCOCC2)C1. The molecule has 2 aliphatic heterocycles. The number of rotatable bonds is 4. The average molecular weight is 346 g/mol. The number of benzene rings is 1. The number of phenols is 1. The largest absolute Gasteiger partial charge is 0.508 e. The molecule has 2 saturated heterocycles. The van der Waals surface area contributed by atoms with Crippen molar-refractivity contribution in [2.75, 3.05) is 39.4 Å². The van der Waals surface area contributed by atoms with Crippen molar-refractivity contribution in [1.29, 1.82) is 0 Å². The van der Waals surface area contributed by atoms with Gasteiger partial charge in [-0.25, -0.2) is 0 Å². The zero-order valence-electron chi connectivity index (χ0n) is 14.5. The van der Waals surface area contributed by atoms with E-state index in [1.54, 1.807) is 12.1 Å². The first kappa shape index (κ1) is 17.7. The van der Waals surface area contributed by atoms with Crippen molar-refractivity contribution in [2.45, 2.75) is 25.7 Å². The Morgan fingerprint density at radius 1 is 1.12 bits per heavy atom. The third-order valence-corrected chi connectivity index (χ3v) is 5.05. The van der Waals surface area contributed by atoms with Gasteiger partial charge >= 0.3 is 0 Å². The maximum Gasteiger partial charge on any atom is 0.227 e. The van der Waals surface area contributed by atoms with Gasteiger partial charge in [0.2, 0.25) is 11.8 Å². The number of nitrogens with zero attached hydrogens (tertiary/aromatic N) is 2. The topological polar surface area (TPSA) is 70.1 Å². The van der Waals surface area contributed by atoms with E-state index < -0.39 is 0 Å². The number of para-hydroxylation sites is 1. The maximum absolute atomic E-state index is 12.6. The first-order chi connectivity index (χ1) is 12.1. The number of carbonyl (C=O) groups is 2. The van der Waals surface area contributed by atoms with Gasteiger partial charge in [0, 0.05) is 32.6 Å². The summed E-state index contributed by atoms with van der Waals surface area (Å²) in [5.41, 5.74) is 0.786. The third-order valence-electron chi connectivity index (χ3n) is 5.05. The Balaban J connectivity index is 1.52. The second-order valence-corrected chi connectivity index (χ2v) is 6.75. The molecule has 6 heteroatoms. The van der Waals surface area contributed by atoms with Crippen molar-refractivity contribution < 1.29 is 19.4 Å². The number of hydrogen-bond acceptors (Lipinski definition) is 4. The summed E-state index contributed by atoms with van der Waals surface area (Å²) < 4.78 is 5.30. The molecule has 136 valence electrons. The molecule has 2 amide bonds. The van der Waals surface area contributed by atoms with E-state index in [2.05, 4.69) is 0 Å². The van der Waals surface area contributed by atoms with Gasteiger partial charge in [0.05, 0.1) is 19.1 Å². The number of hydrogen-bond donors (Lipinski definition) is 1. The quantitative estimate of drug-likeness (QED) is 0.895. The van der Waals surface area contributed by atoms with Gasteiger partial charge in [0.25, 0.3) is 0 Å². The molecule has 0 aliphatic carbocycles. The van der Waals surface area contributed by atoms with Gasteiger partial charge in [0.1, 0.15) is 5.75 Å². The molecule has 0 bridgehead atoms. The standard InChI is InChI=1S/C19H26N2O4/c22-17-6-2-1-4-15(17)7-8-18(23)21-9-3-5-16(14-21)19(24)20-10-12-25-13-11-20/h1-2,4,6,16,22H,3,5,7-14H2. The predicted molar refractivity (Wildman–Crippen MR) is 93.1 cm³/mol. The lowest BCUT2D eigenvalue weighted by molar-refractivity contribution is -0.144. The van der Waals surface area contributed by atoms with E-state index in [9.17, 15) is 14.7 Å². The van der Waals surface area contributed by atoms with E-state index in [0.29, 0.717) is 52.2 Å². The van der Waals surface area contributed by atoms with Crippen LogP contribution in [0.2, 0.25) is 0 Å². The fourth-order valence-corrected chi connectivity index (χ4v) is 3.57.